The van der Waals surface area contributed by atoms with Crippen molar-refractivity contribution in [1.29, 1.82) is 0 Å². The van der Waals surface area contributed by atoms with Gasteiger partial charge in [-0.1, -0.05) is 6.07 Å². The van der Waals surface area contributed by atoms with Crippen LogP contribution in [0.2, 0.25) is 0 Å². The van der Waals surface area contributed by atoms with Gasteiger partial charge in [0.25, 0.3) is 0 Å². The molecule has 0 aliphatic heterocycles. The Kier molecular flexibility index (Phi) is 3.09. The first-order valence-electron chi connectivity index (χ1n) is 5.93. The maximum absolute atomic E-state index is 6.10. The third-order valence-electron chi connectivity index (χ3n) is 2.82. The summed E-state index contributed by atoms with van der Waals surface area (Å²) >= 11 is 4.55. The molecular formula is C12H8N6S3. The van der Waals surface area contributed by atoms with E-state index in [1.54, 1.807) is 29.0 Å². The summed E-state index contributed by atoms with van der Waals surface area (Å²) in [6, 6.07) is 5.93. The van der Waals surface area contributed by atoms with Gasteiger partial charge < -0.3 is 5.84 Å². The van der Waals surface area contributed by atoms with Crippen molar-refractivity contribution in [2.75, 3.05) is 5.84 Å². The molecule has 0 saturated heterocycles. The van der Waals surface area contributed by atoms with E-state index in [0.29, 0.717) is 11.0 Å². The number of thiophene rings is 2. The highest BCUT2D eigenvalue weighted by molar-refractivity contribution is 7.99. The predicted molar refractivity (Wildman–Crippen MR) is 85.0 cm³/mol. The van der Waals surface area contributed by atoms with Crippen molar-refractivity contribution in [3.05, 3.63) is 35.3 Å². The summed E-state index contributed by atoms with van der Waals surface area (Å²) < 4.78 is 1.50. The fourth-order valence-electron chi connectivity index (χ4n) is 1.86. The van der Waals surface area contributed by atoms with Crippen LogP contribution in [0.15, 0.2) is 45.5 Å². The van der Waals surface area contributed by atoms with Crippen LogP contribution in [0.4, 0.5) is 0 Å². The number of nitrogens with two attached hydrogens (primary N) is 1. The molecule has 4 aromatic rings. The van der Waals surface area contributed by atoms with Crippen LogP contribution in [0, 0.1) is 0 Å². The van der Waals surface area contributed by atoms with Crippen LogP contribution in [0.3, 0.4) is 0 Å². The third-order valence-corrected chi connectivity index (χ3v) is 5.49. The Labute approximate surface area is 131 Å². The minimum Gasteiger partial charge on any atom is -0.335 e. The number of nitrogen functional groups attached to an aromatic ring is 1. The number of hydrogen-bond acceptors (Lipinski definition) is 8. The molecule has 0 bridgehead atoms. The van der Waals surface area contributed by atoms with E-state index in [1.165, 1.54) is 16.4 Å². The van der Waals surface area contributed by atoms with Crippen molar-refractivity contribution >= 4 is 44.7 Å². The first kappa shape index (κ1) is 12.7. The highest BCUT2D eigenvalue weighted by Gasteiger charge is 2.15. The van der Waals surface area contributed by atoms with Crippen LogP contribution in [0.5, 0.6) is 0 Å². The lowest BCUT2D eigenvalue weighted by atomic mass is 10.4. The Bertz CT molecular complexity index is 895. The highest BCUT2D eigenvalue weighted by atomic mass is 32.2. The molecule has 0 aliphatic carbocycles. The maximum Gasteiger partial charge on any atom is 0.216 e. The molecule has 104 valence electrons. The summed E-state index contributed by atoms with van der Waals surface area (Å²) in [5.41, 5.74) is 0. The molecule has 2 N–H and O–H groups in total. The SMILES string of the molecule is Nn1c(Sc2ncnc3sccc23)nnc1-c1cccs1. The first-order chi connectivity index (χ1) is 10.3. The average Bonchev–Trinajstić information content (AvgIpc) is 3.21. The van der Waals surface area contributed by atoms with Gasteiger partial charge in [0.05, 0.1) is 4.88 Å². The van der Waals surface area contributed by atoms with Gasteiger partial charge in [0.15, 0.2) is 5.82 Å². The van der Waals surface area contributed by atoms with Crippen LogP contribution in [-0.4, -0.2) is 24.8 Å². The van der Waals surface area contributed by atoms with E-state index in [9.17, 15) is 0 Å². The summed E-state index contributed by atoms with van der Waals surface area (Å²) in [7, 11) is 0. The minimum atomic E-state index is 0.601. The standard InChI is InChI=1S/C12H8N6S3/c13-18-9(8-2-1-4-19-8)16-17-12(18)21-11-7-3-5-20-10(7)14-6-15-11/h1-6H,13H2. The molecule has 4 rings (SSSR count). The molecule has 0 radical (unpaired) electrons. The number of hydrogen-bond donors (Lipinski definition) is 1. The molecule has 0 saturated carbocycles. The molecule has 0 fully saturated rings. The molecule has 0 aliphatic rings. The average molecular weight is 332 g/mol. The number of fused-ring (bicyclic) bond motifs is 1. The van der Waals surface area contributed by atoms with Crippen molar-refractivity contribution in [2.24, 2.45) is 0 Å². The van der Waals surface area contributed by atoms with E-state index in [0.717, 1.165) is 20.1 Å². The van der Waals surface area contributed by atoms with Crippen LogP contribution < -0.4 is 5.84 Å². The minimum absolute atomic E-state index is 0.601. The van der Waals surface area contributed by atoms with Crippen LogP contribution in [-0.2, 0) is 0 Å². The zero-order chi connectivity index (χ0) is 14.2. The van der Waals surface area contributed by atoms with E-state index in [4.69, 9.17) is 5.84 Å². The normalized spacial score (nSPS) is 11.2. The predicted octanol–water partition coefficient (Wildman–Crippen LogP) is 2.88. The van der Waals surface area contributed by atoms with Crippen LogP contribution in [0.25, 0.3) is 20.9 Å². The van der Waals surface area contributed by atoms with Crippen molar-refractivity contribution < 1.29 is 0 Å². The van der Waals surface area contributed by atoms with Crippen molar-refractivity contribution in [1.82, 2.24) is 24.8 Å². The van der Waals surface area contributed by atoms with Gasteiger partial charge in [-0.05, 0) is 34.7 Å². The quantitative estimate of drug-likeness (QED) is 0.459. The maximum atomic E-state index is 6.10. The van der Waals surface area contributed by atoms with Gasteiger partial charge in [-0.15, -0.1) is 32.9 Å². The molecule has 0 amide bonds. The second-order valence-electron chi connectivity index (χ2n) is 4.07. The van der Waals surface area contributed by atoms with E-state index in [2.05, 4.69) is 20.2 Å². The van der Waals surface area contributed by atoms with Gasteiger partial charge in [-0.2, -0.15) is 0 Å². The van der Waals surface area contributed by atoms with E-state index in [1.807, 2.05) is 29.0 Å². The second kappa shape index (κ2) is 5.10. The first-order valence-corrected chi connectivity index (χ1v) is 8.51. The number of aromatic nitrogens is 5. The lowest BCUT2D eigenvalue weighted by Gasteiger charge is -2.02. The topological polar surface area (TPSA) is 82.5 Å². The molecule has 21 heavy (non-hydrogen) atoms. The van der Waals surface area contributed by atoms with Gasteiger partial charge in [0, 0.05) is 5.39 Å². The lowest BCUT2D eigenvalue weighted by molar-refractivity contribution is 0.848. The van der Waals surface area contributed by atoms with E-state index < -0.39 is 0 Å². The smallest absolute Gasteiger partial charge is 0.216 e. The van der Waals surface area contributed by atoms with Gasteiger partial charge in [-0.25, -0.2) is 14.6 Å². The Hall–Kier alpha value is -1.97. The van der Waals surface area contributed by atoms with Gasteiger partial charge in [0.2, 0.25) is 5.16 Å². The fraction of sp³-hybridized carbons (Fsp3) is 0. The van der Waals surface area contributed by atoms with Crippen molar-refractivity contribution in [3.8, 4) is 10.7 Å². The molecule has 0 aromatic carbocycles. The summed E-state index contributed by atoms with van der Waals surface area (Å²) in [6.45, 7) is 0. The molecule has 0 unspecified atom stereocenters. The van der Waals surface area contributed by atoms with Crippen LogP contribution in [0.1, 0.15) is 0 Å². The number of rotatable bonds is 3. The van der Waals surface area contributed by atoms with Gasteiger partial charge in [0.1, 0.15) is 16.2 Å². The summed E-state index contributed by atoms with van der Waals surface area (Å²) in [4.78, 5) is 10.5. The second-order valence-corrected chi connectivity index (χ2v) is 6.87. The van der Waals surface area contributed by atoms with Crippen molar-refractivity contribution in [3.63, 3.8) is 0 Å². The summed E-state index contributed by atoms with van der Waals surface area (Å²) in [5.74, 6) is 6.75. The molecule has 9 heteroatoms. The van der Waals surface area contributed by atoms with Crippen molar-refractivity contribution in [2.45, 2.75) is 10.2 Å². The molecule has 4 heterocycles. The summed E-state index contributed by atoms with van der Waals surface area (Å²) in [5, 5.41) is 14.7. The fourth-order valence-corrected chi connectivity index (χ4v) is 4.17. The lowest BCUT2D eigenvalue weighted by Crippen LogP contribution is -2.11. The molecule has 6 nitrogen and oxygen atoms in total. The zero-order valence-electron chi connectivity index (χ0n) is 10.5. The molecular weight excluding hydrogens is 324 g/mol. The van der Waals surface area contributed by atoms with Gasteiger partial charge in [-0.3, -0.25) is 0 Å². The highest BCUT2D eigenvalue weighted by Crippen LogP contribution is 2.33. The number of nitrogens with zero attached hydrogens (tertiary/aromatic N) is 5. The Balaban J connectivity index is 1.74. The zero-order valence-corrected chi connectivity index (χ0v) is 13.0. The van der Waals surface area contributed by atoms with Gasteiger partial charge >= 0.3 is 0 Å². The van der Waals surface area contributed by atoms with E-state index >= 15 is 0 Å². The monoisotopic (exact) mass is 332 g/mol. The third kappa shape index (κ3) is 2.19. The Morgan fingerprint density at radius 1 is 1.10 bits per heavy atom. The van der Waals surface area contributed by atoms with Crippen LogP contribution >= 0.6 is 34.4 Å². The Morgan fingerprint density at radius 2 is 2.05 bits per heavy atom. The molecule has 0 atom stereocenters. The molecule has 4 aromatic heterocycles. The van der Waals surface area contributed by atoms with E-state index in [-0.39, 0.29) is 0 Å². The Morgan fingerprint density at radius 3 is 2.90 bits per heavy atom. The summed E-state index contributed by atoms with van der Waals surface area (Å²) in [6.07, 6.45) is 1.55. The molecule has 0 spiro atoms. The largest absolute Gasteiger partial charge is 0.335 e.